The third kappa shape index (κ3) is 3.33. The van der Waals surface area contributed by atoms with Crippen molar-refractivity contribution in [2.75, 3.05) is 26.3 Å². The Bertz CT molecular complexity index is 559. The van der Waals surface area contributed by atoms with E-state index in [4.69, 9.17) is 4.74 Å². The number of carbonyl (C=O) groups is 1. The largest absolute Gasteiger partial charge is 0.380 e. The van der Waals surface area contributed by atoms with Gasteiger partial charge in [-0.3, -0.25) is 14.7 Å². The Morgan fingerprint density at radius 2 is 2.12 bits per heavy atom. The van der Waals surface area contributed by atoms with Crippen LogP contribution in [-0.4, -0.2) is 48.1 Å². The van der Waals surface area contributed by atoms with Crippen molar-refractivity contribution < 1.29 is 9.53 Å². The van der Waals surface area contributed by atoms with Crippen molar-refractivity contribution in [1.29, 1.82) is 0 Å². The lowest BCUT2D eigenvalue weighted by Crippen LogP contribution is -2.44. The Kier molecular flexibility index (Phi) is 4.81. The molecule has 5 nitrogen and oxygen atoms in total. The molecule has 3 fully saturated rings. The molecule has 0 radical (unpaired) electrons. The van der Waals surface area contributed by atoms with Gasteiger partial charge in [-0.05, 0) is 36.8 Å². The molecule has 0 aromatic carbocycles. The number of likely N-dealkylation sites (tertiary alicyclic amines) is 1. The normalized spacial score (nSPS) is 31.1. The van der Waals surface area contributed by atoms with Gasteiger partial charge in [0, 0.05) is 25.3 Å². The topological polar surface area (TPSA) is 54.5 Å². The van der Waals surface area contributed by atoms with E-state index in [1.165, 1.54) is 25.7 Å². The molecule has 1 amide bonds. The Hall–Kier alpha value is -1.46. The first-order valence-corrected chi connectivity index (χ1v) is 9.30. The molecule has 0 unspecified atom stereocenters. The zero-order valence-electron chi connectivity index (χ0n) is 14.2. The van der Waals surface area contributed by atoms with Crippen LogP contribution in [0.2, 0.25) is 0 Å². The van der Waals surface area contributed by atoms with Gasteiger partial charge >= 0.3 is 0 Å². The van der Waals surface area contributed by atoms with Crippen LogP contribution in [0.5, 0.6) is 0 Å². The number of carbonyl (C=O) groups excluding carboxylic acids is 1. The van der Waals surface area contributed by atoms with Crippen molar-refractivity contribution >= 4 is 5.91 Å². The summed E-state index contributed by atoms with van der Waals surface area (Å²) in [6, 6.07) is 6.52. The summed E-state index contributed by atoms with van der Waals surface area (Å²) < 4.78 is 5.78. The average Bonchev–Trinajstić information content (AvgIpc) is 3.29. The molecule has 5 heteroatoms. The number of ether oxygens (including phenoxy) is 1. The summed E-state index contributed by atoms with van der Waals surface area (Å²) in [5, 5.41) is 3.07. The van der Waals surface area contributed by atoms with Gasteiger partial charge in [0.05, 0.1) is 31.4 Å². The summed E-state index contributed by atoms with van der Waals surface area (Å²) in [6.45, 7) is 4.06. The van der Waals surface area contributed by atoms with Gasteiger partial charge in [-0.2, -0.15) is 0 Å². The van der Waals surface area contributed by atoms with E-state index in [2.05, 4.69) is 15.2 Å². The van der Waals surface area contributed by atoms with E-state index in [0.29, 0.717) is 25.0 Å². The SMILES string of the molecule is O=C(NCc1ccccn1)[C@@H]1COC[C@@H]2CN(C3CCCC3)C[C@@H]21. The predicted molar refractivity (Wildman–Crippen MR) is 91.2 cm³/mol. The van der Waals surface area contributed by atoms with Gasteiger partial charge in [0.25, 0.3) is 0 Å². The standard InChI is InChI=1S/C19H27N3O2/c23-19(21-9-15-5-3-4-8-20-15)18-13-24-12-14-10-22(11-17(14)18)16-6-1-2-7-16/h3-5,8,14,16-18H,1-2,6-7,9-13H2,(H,21,23)/t14-,17-,18+/m0/s1. The Balaban J connectivity index is 1.36. The third-order valence-electron chi connectivity index (χ3n) is 6.01. The van der Waals surface area contributed by atoms with Crippen molar-refractivity contribution in [2.45, 2.75) is 38.3 Å². The first kappa shape index (κ1) is 16.0. The summed E-state index contributed by atoms with van der Waals surface area (Å²) in [5.41, 5.74) is 0.901. The second-order valence-corrected chi connectivity index (χ2v) is 7.50. The number of fused-ring (bicyclic) bond motifs is 1. The lowest BCUT2D eigenvalue weighted by molar-refractivity contribution is -0.133. The molecular weight excluding hydrogens is 302 g/mol. The molecule has 24 heavy (non-hydrogen) atoms. The molecular formula is C19H27N3O2. The van der Waals surface area contributed by atoms with Gasteiger partial charge in [-0.1, -0.05) is 18.9 Å². The first-order valence-electron chi connectivity index (χ1n) is 9.30. The maximum atomic E-state index is 12.7. The Morgan fingerprint density at radius 3 is 2.92 bits per heavy atom. The fourth-order valence-electron chi connectivity index (χ4n) is 4.68. The van der Waals surface area contributed by atoms with Crippen LogP contribution in [0.15, 0.2) is 24.4 Å². The van der Waals surface area contributed by atoms with E-state index in [0.717, 1.165) is 31.4 Å². The minimum atomic E-state index is -0.0149. The molecule has 0 bridgehead atoms. The number of amides is 1. The van der Waals surface area contributed by atoms with E-state index in [1.54, 1.807) is 6.20 Å². The Morgan fingerprint density at radius 1 is 1.25 bits per heavy atom. The highest BCUT2D eigenvalue weighted by molar-refractivity contribution is 5.79. The van der Waals surface area contributed by atoms with Crippen LogP contribution in [0.25, 0.3) is 0 Å². The van der Waals surface area contributed by atoms with Crippen LogP contribution in [0, 0.1) is 17.8 Å². The summed E-state index contributed by atoms with van der Waals surface area (Å²) >= 11 is 0. The maximum absolute atomic E-state index is 12.7. The van der Waals surface area contributed by atoms with Gasteiger partial charge in [0.2, 0.25) is 5.91 Å². The van der Waals surface area contributed by atoms with Crippen molar-refractivity contribution in [2.24, 2.45) is 17.8 Å². The molecule has 130 valence electrons. The van der Waals surface area contributed by atoms with Gasteiger partial charge in [0.1, 0.15) is 0 Å². The second-order valence-electron chi connectivity index (χ2n) is 7.50. The number of pyridine rings is 1. The van der Waals surface area contributed by atoms with Crippen LogP contribution >= 0.6 is 0 Å². The Labute approximate surface area is 143 Å². The molecule has 3 heterocycles. The molecule has 0 spiro atoms. The van der Waals surface area contributed by atoms with Gasteiger partial charge in [-0.25, -0.2) is 0 Å². The van der Waals surface area contributed by atoms with Crippen molar-refractivity contribution in [3.63, 3.8) is 0 Å². The number of hydrogen-bond acceptors (Lipinski definition) is 4. The second kappa shape index (κ2) is 7.19. The van der Waals surface area contributed by atoms with Gasteiger partial charge < -0.3 is 10.1 Å². The molecule has 4 rings (SSSR count). The molecule has 1 aliphatic carbocycles. The lowest BCUT2D eigenvalue weighted by Gasteiger charge is -2.32. The quantitative estimate of drug-likeness (QED) is 0.916. The number of aromatic nitrogens is 1. The maximum Gasteiger partial charge on any atom is 0.226 e. The highest BCUT2D eigenvalue weighted by atomic mass is 16.5. The fourth-order valence-corrected chi connectivity index (χ4v) is 4.68. The van der Waals surface area contributed by atoms with Crippen LogP contribution in [0.1, 0.15) is 31.4 Å². The predicted octanol–water partition coefficient (Wildman–Crippen LogP) is 1.83. The zero-order valence-corrected chi connectivity index (χ0v) is 14.2. The minimum absolute atomic E-state index is 0.0149. The van der Waals surface area contributed by atoms with Crippen molar-refractivity contribution in [3.05, 3.63) is 30.1 Å². The number of hydrogen-bond donors (Lipinski definition) is 1. The van der Waals surface area contributed by atoms with Gasteiger partial charge in [0.15, 0.2) is 0 Å². The number of rotatable bonds is 4. The molecule has 3 aliphatic rings. The number of nitrogens with one attached hydrogen (secondary N) is 1. The van der Waals surface area contributed by atoms with E-state index in [9.17, 15) is 4.79 Å². The molecule has 1 aromatic heterocycles. The lowest BCUT2D eigenvalue weighted by atomic mass is 9.82. The summed E-state index contributed by atoms with van der Waals surface area (Å²) in [4.78, 5) is 19.6. The van der Waals surface area contributed by atoms with Gasteiger partial charge in [-0.15, -0.1) is 0 Å². The first-order chi connectivity index (χ1) is 11.8. The monoisotopic (exact) mass is 329 g/mol. The molecule has 1 N–H and O–H groups in total. The molecule has 1 saturated carbocycles. The highest BCUT2D eigenvalue weighted by Crippen LogP contribution is 2.37. The fraction of sp³-hybridized carbons (Fsp3) is 0.684. The van der Waals surface area contributed by atoms with Crippen LogP contribution in [0.3, 0.4) is 0 Å². The van der Waals surface area contributed by atoms with E-state index in [-0.39, 0.29) is 11.8 Å². The third-order valence-corrected chi connectivity index (χ3v) is 6.01. The zero-order chi connectivity index (χ0) is 16.4. The minimum Gasteiger partial charge on any atom is -0.380 e. The average molecular weight is 329 g/mol. The van der Waals surface area contributed by atoms with Crippen LogP contribution in [0.4, 0.5) is 0 Å². The molecule has 3 atom stereocenters. The van der Waals surface area contributed by atoms with Crippen molar-refractivity contribution in [1.82, 2.24) is 15.2 Å². The van der Waals surface area contributed by atoms with Crippen LogP contribution < -0.4 is 5.32 Å². The smallest absolute Gasteiger partial charge is 0.226 e. The summed E-state index contributed by atoms with van der Waals surface area (Å²) in [7, 11) is 0. The van der Waals surface area contributed by atoms with E-state index >= 15 is 0 Å². The molecule has 1 aromatic rings. The summed E-state index contributed by atoms with van der Waals surface area (Å²) in [5.74, 6) is 1.08. The summed E-state index contributed by atoms with van der Waals surface area (Å²) in [6.07, 6.45) is 7.15. The van der Waals surface area contributed by atoms with E-state index < -0.39 is 0 Å². The molecule has 2 aliphatic heterocycles. The highest BCUT2D eigenvalue weighted by Gasteiger charge is 2.45. The van der Waals surface area contributed by atoms with Crippen molar-refractivity contribution in [3.8, 4) is 0 Å². The number of nitrogens with zero attached hydrogens (tertiary/aromatic N) is 2. The van der Waals surface area contributed by atoms with E-state index in [1.807, 2.05) is 18.2 Å². The van der Waals surface area contributed by atoms with Crippen LogP contribution in [-0.2, 0) is 16.1 Å². The molecule has 2 saturated heterocycles.